The molecular formula is C11H23ClN4O4. The summed E-state index contributed by atoms with van der Waals surface area (Å²) in [6, 6.07) is -1.09. The van der Waals surface area contributed by atoms with Gasteiger partial charge in [0.25, 0.3) is 0 Å². The molecule has 1 atom stereocenters. The van der Waals surface area contributed by atoms with E-state index in [1.165, 1.54) is 7.05 Å². The van der Waals surface area contributed by atoms with Gasteiger partial charge >= 0.3 is 12.0 Å². The van der Waals surface area contributed by atoms with Crippen LogP contribution in [-0.4, -0.2) is 55.7 Å². The molecule has 20 heavy (non-hydrogen) atoms. The second-order valence-corrected chi connectivity index (χ2v) is 3.84. The Labute approximate surface area is 124 Å². The molecule has 0 fully saturated rings. The number of carbonyl (C=O) groups excluding carboxylic acids is 2. The van der Waals surface area contributed by atoms with Gasteiger partial charge in [0.15, 0.2) is 0 Å². The highest BCUT2D eigenvalue weighted by molar-refractivity contribution is 5.85. The van der Waals surface area contributed by atoms with Crippen LogP contribution in [-0.2, 0) is 9.59 Å². The summed E-state index contributed by atoms with van der Waals surface area (Å²) in [6.45, 7) is 2.97. The molecule has 0 aromatic carbocycles. The Morgan fingerprint density at radius 3 is 2.30 bits per heavy atom. The maximum Gasteiger partial charge on any atom is 0.320 e. The summed E-state index contributed by atoms with van der Waals surface area (Å²) in [7, 11) is 1.50. The van der Waals surface area contributed by atoms with Crippen LogP contribution in [0.3, 0.4) is 0 Å². The molecule has 0 bridgehead atoms. The zero-order chi connectivity index (χ0) is 14.7. The molecule has 9 heteroatoms. The van der Waals surface area contributed by atoms with Crippen LogP contribution in [0.2, 0.25) is 0 Å². The molecule has 8 nitrogen and oxygen atoms in total. The van der Waals surface area contributed by atoms with Crippen LogP contribution in [0.5, 0.6) is 0 Å². The van der Waals surface area contributed by atoms with Gasteiger partial charge in [-0.1, -0.05) is 0 Å². The second-order valence-electron chi connectivity index (χ2n) is 3.84. The predicted octanol–water partition coefficient (Wildman–Crippen LogP) is -0.704. The third-order valence-corrected chi connectivity index (χ3v) is 2.38. The Balaban J connectivity index is 0. The van der Waals surface area contributed by atoms with Gasteiger partial charge in [0.2, 0.25) is 5.91 Å². The lowest BCUT2D eigenvalue weighted by molar-refractivity contribution is -0.139. The Bertz CT molecular complexity index is 315. The van der Waals surface area contributed by atoms with E-state index in [-0.39, 0.29) is 37.2 Å². The van der Waals surface area contributed by atoms with Crippen LogP contribution in [0, 0.1) is 0 Å². The maximum atomic E-state index is 11.1. The highest BCUT2D eigenvalue weighted by Crippen LogP contribution is 1.97. The number of carboxylic acids is 1. The number of hydrogen-bond donors (Lipinski definition) is 5. The van der Waals surface area contributed by atoms with Gasteiger partial charge in [0, 0.05) is 33.1 Å². The summed E-state index contributed by atoms with van der Waals surface area (Å²) in [5.74, 6) is -1.21. The van der Waals surface area contributed by atoms with Crippen LogP contribution in [0.25, 0.3) is 0 Å². The first-order chi connectivity index (χ1) is 9.01. The third kappa shape index (κ3) is 10.4. The van der Waals surface area contributed by atoms with E-state index in [0.717, 1.165) is 0 Å². The van der Waals surface area contributed by atoms with Crippen LogP contribution in [0.1, 0.15) is 19.8 Å². The van der Waals surface area contributed by atoms with E-state index in [1.54, 1.807) is 6.92 Å². The minimum Gasteiger partial charge on any atom is -0.480 e. The van der Waals surface area contributed by atoms with Crippen LogP contribution in [0.15, 0.2) is 0 Å². The SMILES string of the molecule is CCNC(=O)NCCN[C@@H](CCC(=O)NC)C(=O)O.Cl. The van der Waals surface area contributed by atoms with Gasteiger partial charge in [0.1, 0.15) is 6.04 Å². The quantitative estimate of drug-likeness (QED) is 0.361. The topological polar surface area (TPSA) is 120 Å². The lowest BCUT2D eigenvalue weighted by atomic mass is 10.1. The fourth-order valence-electron chi connectivity index (χ4n) is 1.36. The summed E-state index contributed by atoms with van der Waals surface area (Å²) < 4.78 is 0. The van der Waals surface area contributed by atoms with E-state index in [4.69, 9.17) is 5.11 Å². The molecule has 0 rings (SSSR count). The summed E-state index contributed by atoms with van der Waals surface area (Å²) in [5.41, 5.74) is 0. The van der Waals surface area contributed by atoms with Crippen molar-refractivity contribution in [1.82, 2.24) is 21.3 Å². The van der Waals surface area contributed by atoms with Crippen molar-refractivity contribution in [3.05, 3.63) is 0 Å². The van der Waals surface area contributed by atoms with Crippen molar-refractivity contribution in [3.63, 3.8) is 0 Å². The molecule has 5 N–H and O–H groups in total. The van der Waals surface area contributed by atoms with Crippen LogP contribution < -0.4 is 21.3 Å². The minimum atomic E-state index is -1.01. The van der Waals surface area contributed by atoms with Crippen LogP contribution >= 0.6 is 12.4 Å². The fourth-order valence-corrected chi connectivity index (χ4v) is 1.36. The molecule has 0 aromatic heterocycles. The molecule has 0 aliphatic carbocycles. The van der Waals surface area contributed by atoms with Gasteiger partial charge in [-0.05, 0) is 13.3 Å². The normalized spacial score (nSPS) is 10.9. The zero-order valence-electron chi connectivity index (χ0n) is 11.7. The first-order valence-electron chi connectivity index (χ1n) is 6.19. The van der Waals surface area contributed by atoms with Gasteiger partial charge in [0.05, 0.1) is 0 Å². The van der Waals surface area contributed by atoms with E-state index >= 15 is 0 Å². The lowest BCUT2D eigenvalue weighted by Gasteiger charge is -2.14. The number of urea groups is 1. The molecule has 118 valence electrons. The van der Waals surface area contributed by atoms with Gasteiger partial charge in [-0.25, -0.2) is 4.79 Å². The number of aliphatic carboxylic acids is 1. The average Bonchev–Trinajstić information content (AvgIpc) is 2.37. The third-order valence-electron chi connectivity index (χ3n) is 2.38. The Morgan fingerprint density at radius 1 is 1.15 bits per heavy atom. The van der Waals surface area contributed by atoms with E-state index in [1.807, 2.05) is 0 Å². The summed E-state index contributed by atoms with van der Waals surface area (Å²) in [5, 5.41) is 19.3. The van der Waals surface area contributed by atoms with Crippen molar-refractivity contribution < 1.29 is 19.5 Å². The monoisotopic (exact) mass is 310 g/mol. The van der Waals surface area contributed by atoms with Gasteiger partial charge < -0.3 is 26.4 Å². The van der Waals surface area contributed by atoms with Crippen LogP contribution in [0.4, 0.5) is 4.79 Å². The number of carbonyl (C=O) groups is 3. The molecule has 0 saturated heterocycles. The molecule has 0 unspecified atom stereocenters. The number of nitrogens with one attached hydrogen (secondary N) is 4. The summed E-state index contributed by atoms with van der Waals surface area (Å²) in [4.78, 5) is 33.0. The Kier molecular flexibility index (Phi) is 13.0. The van der Waals surface area contributed by atoms with Crippen molar-refractivity contribution in [2.24, 2.45) is 0 Å². The first-order valence-corrected chi connectivity index (χ1v) is 6.19. The first kappa shape index (κ1) is 20.8. The summed E-state index contributed by atoms with van der Waals surface area (Å²) in [6.07, 6.45) is 0.348. The number of carboxylic acid groups (broad SMARTS) is 1. The molecule has 0 saturated carbocycles. The van der Waals surface area contributed by atoms with Crippen molar-refractivity contribution in [2.45, 2.75) is 25.8 Å². The molecule has 3 amide bonds. The van der Waals surface area contributed by atoms with Crippen molar-refractivity contribution in [2.75, 3.05) is 26.7 Å². The molecule has 0 aliphatic rings. The number of rotatable bonds is 9. The van der Waals surface area contributed by atoms with Gasteiger partial charge in [-0.2, -0.15) is 0 Å². The molecule has 0 radical (unpaired) electrons. The molecule has 0 aromatic rings. The highest BCUT2D eigenvalue weighted by Gasteiger charge is 2.17. The van der Waals surface area contributed by atoms with Crippen molar-refractivity contribution in [3.8, 4) is 0 Å². The van der Waals surface area contributed by atoms with E-state index in [9.17, 15) is 14.4 Å². The van der Waals surface area contributed by atoms with E-state index in [2.05, 4.69) is 21.3 Å². The van der Waals surface area contributed by atoms with E-state index in [0.29, 0.717) is 19.6 Å². The predicted molar refractivity (Wildman–Crippen MR) is 77.1 cm³/mol. The smallest absolute Gasteiger partial charge is 0.320 e. The zero-order valence-corrected chi connectivity index (χ0v) is 12.5. The molecule has 0 heterocycles. The maximum absolute atomic E-state index is 11.1. The molecular weight excluding hydrogens is 288 g/mol. The number of hydrogen-bond acceptors (Lipinski definition) is 4. The lowest BCUT2D eigenvalue weighted by Crippen LogP contribution is -2.44. The summed E-state index contributed by atoms with van der Waals surface area (Å²) >= 11 is 0. The molecule has 0 aliphatic heterocycles. The number of amides is 3. The van der Waals surface area contributed by atoms with Gasteiger partial charge in [-0.3, -0.25) is 9.59 Å². The Hall–Kier alpha value is -1.54. The average molecular weight is 311 g/mol. The minimum absolute atomic E-state index is 0. The Morgan fingerprint density at radius 2 is 1.80 bits per heavy atom. The van der Waals surface area contributed by atoms with E-state index < -0.39 is 12.0 Å². The number of halogens is 1. The van der Waals surface area contributed by atoms with Crippen molar-refractivity contribution >= 4 is 30.3 Å². The second kappa shape index (κ2) is 12.5. The van der Waals surface area contributed by atoms with Gasteiger partial charge in [-0.15, -0.1) is 12.4 Å². The fraction of sp³-hybridized carbons (Fsp3) is 0.727. The largest absolute Gasteiger partial charge is 0.480 e. The molecule has 0 spiro atoms. The standard InChI is InChI=1S/C11H22N4O4.ClH/c1-3-13-11(19)15-7-6-14-8(10(17)18)4-5-9(16)12-2;/h8,14H,3-7H2,1-2H3,(H,12,16)(H,17,18)(H2,13,15,19);1H/t8-;/m0./s1. The highest BCUT2D eigenvalue weighted by atomic mass is 35.5. The van der Waals surface area contributed by atoms with Crippen molar-refractivity contribution in [1.29, 1.82) is 0 Å².